The largest absolute Gasteiger partial charge is 0.385 e. The van der Waals surface area contributed by atoms with Crippen LogP contribution < -0.4 is 10.2 Å². The minimum Gasteiger partial charge on any atom is -0.385 e. The monoisotopic (exact) mass is 339 g/mol. The van der Waals surface area contributed by atoms with Crippen molar-refractivity contribution in [3.8, 4) is 0 Å². The number of benzene rings is 1. The number of carbonyl (C=O) groups is 1. The summed E-state index contributed by atoms with van der Waals surface area (Å²) in [6, 6.07) is 4.67. The smallest absolute Gasteiger partial charge is 0.260 e. The van der Waals surface area contributed by atoms with Crippen molar-refractivity contribution in [3.05, 3.63) is 18.2 Å². The third-order valence-electron chi connectivity index (χ3n) is 3.43. The fraction of sp³-hybridized carbons (Fsp3) is 0.462. The summed E-state index contributed by atoms with van der Waals surface area (Å²) >= 11 is 0. The maximum atomic E-state index is 12.2. The number of nitrogens with zero attached hydrogens (tertiary/aromatic N) is 4. The molecule has 0 radical (unpaired) electrons. The predicted octanol–water partition coefficient (Wildman–Crippen LogP) is -0.611. The van der Waals surface area contributed by atoms with Crippen LogP contribution in [0, 0.1) is 0 Å². The van der Waals surface area contributed by atoms with E-state index in [1.165, 1.54) is 26.2 Å². The van der Waals surface area contributed by atoms with Gasteiger partial charge >= 0.3 is 0 Å². The summed E-state index contributed by atoms with van der Waals surface area (Å²) < 4.78 is 25.5. The van der Waals surface area contributed by atoms with Crippen molar-refractivity contribution in [1.29, 1.82) is 0 Å². The molecule has 0 unspecified atom stereocenters. The molecule has 1 aliphatic carbocycles. The van der Waals surface area contributed by atoms with Gasteiger partial charge in [-0.05, 0) is 36.3 Å². The molecule has 9 nitrogen and oxygen atoms in total. The molecule has 1 fully saturated rings. The third kappa shape index (κ3) is 3.27. The number of carbonyl (C=O) groups excluding carboxylic acids is 1. The minimum absolute atomic E-state index is 0.101. The van der Waals surface area contributed by atoms with Gasteiger partial charge in [-0.2, -0.15) is 0 Å². The van der Waals surface area contributed by atoms with Crippen molar-refractivity contribution >= 4 is 27.0 Å². The summed E-state index contributed by atoms with van der Waals surface area (Å²) in [5, 5.41) is 10.5. The van der Waals surface area contributed by atoms with Gasteiger partial charge in [0.1, 0.15) is 11.0 Å². The van der Waals surface area contributed by atoms with Crippen molar-refractivity contribution < 1.29 is 18.0 Å². The van der Waals surface area contributed by atoms with E-state index in [1.54, 1.807) is 6.07 Å². The van der Waals surface area contributed by atoms with Crippen LogP contribution in [0.3, 0.4) is 0 Å². The first-order chi connectivity index (χ1) is 10.9. The molecule has 10 heteroatoms. The lowest BCUT2D eigenvalue weighted by Gasteiger charge is -2.11. The van der Waals surface area contributed by atoms with E-state index >= 15 is 0 Å². The average Bonchev–Trinajstić information content (AvgIpc) is 3.22. The second kappa shape index (κ2) is 5.78. The normalized spacial score (nSPS) is 15.1. The quantitative estimate of drug-likeness (QED) is 0.752. The Bertz CT molecular complexity index is 841. The topological polar surface area (TPSA) is 106 Å². The van der Waals surface area contributed by atoms with E-state index in [0.717, 1.165) is 22.0 Å². The van der Waals surface area contributed by atoms with Gasteiger partial charge in [-0.3, -0.25) is 4.79 Å². The predicted molar refractivity (Wildman–Crippen MR) is 81.0 cm³/mol. The van der Waals surface area contributed by atoms with E-state index in [9.17, 15) is 13.2 Å². The Hall–Kier alpha value is -2.20. The van der Waals surface area contributed by atoms with Crippen LogP contribution in [-0.4, -0.2) is 60.5 Å². The number of rotatable bonds is 6. The molecule has 0 spiro atoms. The van der Waals surface area contributed by atoms with Crippen LogP contribution >= 0.6 is 0 Å². The summed E-state index contributed by atoms with van der Waals surface area (Å²) in [5.74, 6) is -0.242. The molecule has 1 aliphatic rings. The number of amides is 1. The van der Waals surface area contributed by atoms with Crippen LogP contribution in [0.2, 0.25) is 0 Å². The standard InChI is InChI=1S/C13H17N5O4S/c1-17(2)23(20,21)10-5-6-11-12(7-10)18(16-15-11)22-8-13(19)14-9-3-4-9/h5-7,9H,3-4,8H2,1-2H3,(H,14,19). The summed E-state index contributed by atoms with van der Waals surface area (Å²) in [6.07, 6.45) is 1.98. The Labute approximate surface area is 133 Å². The average molecular weight is 339 g/mol. The van der Waals surface area contributed by atoms with Gasteiger partial charge in [-0.1, -0.05) is 4.85 Å². The van der Waals surface area contributed by atoms with E-state index in [2.05, 4.69) is 15.6 Å². The number of sulfonamides is 1. The van der Waals surface area contributed by atoms with E-state index in [1.807, 2.05) is 0 Å². The van der Waals surface area contributed by atoms with Crippen molar-refractivity contribution in [2.24, 2.45) is 0 Å². The van der Waals surface area contributed by atoms with Crippen LogP contribution in [0.25, 0.3) is 11.0 Å². The molecule has 3 rings (SSSR count). The molecular weight excluding hydrogens is 322 g/mol. The summed E-state index contributed by atoms with van der Waals surface area (Å²) in [7, 11) is -0.668. The maximum absolute atomic E-state index is 12.2. The first kappa shape index (κ1) is 15.7. The summed E-state index contributed by atoms with van der Waals surface area (Å²) in [6.45, 7) is -0.209. The van der Waals surface area contributed by atoms with Gasteiger partial charge in [-0.25, -0.2) is 12.7 Å². The molecule has 0 saturated heterocycles. The molecule has 0 bridgehead atoms. The van der Waals surface area contributed by atoms with E-state index in [0.29, 0.717) is 11.0 Å². The lowest BCUT2D eigenvalue weighted by molar-refractivity contribution is -0.126. The van der Waals surface area contributed by atoms with Gasteiger partial charge in [0.05, 0.1) is 4.90 Å². The Morgan fingerprint density at radius 2 is 2.17 bits per heavy atom. The first-order valence-electron chi connectivity index (χ1n) is 7.08. The molecule has 1 aromatic carbocycles. The van der Waals surface area contributed by atoms with Crippen molar-refractivity contribution in [1.82, 2.24) is 24.8 Å². The Morgan fingerprint density at radius 1 is 1.43 bits per heavy atom. The van der Waals surface area contributed by atoms with Crippen molar-refractivity contribution in [2.75, 3.05) is 20.7 Å². The number of aromatic nitrogens is 3. The maximum Gasteiger partial charge on any atom is 0.260 e. The molecular formula is C13H17N5O4S. The zero-order valence-corrected chi connectivity index (χ0v) is 13.6. The molecule has 1 N–H and O–H groups in total. The zero-order valence-electron chi connectivity index (χ0n) is 12.8. The second-order valence-corrected chi connectivity index (χ2v) is 7.67. The highest BCUT2D eigenvalue weighted by Gasteiger charge is 2.24. The summed E-state index contributed by atoms with van der Waals surface area (Å²) in [4.78, 5) is 18.1. The molecule has 0 atom stereocenters. The molecule has 1 saturated carbocycles. The lowest BCUT2D eigenvalue weighted by atomic mass is 10.3. The van der Waals surface area contributed by atoms with Gasteiger partial charge in [0, 0.05) is 20.1 Å². The molecule has 124 valence electrons. The summed E-state index contributed by atoms with van der Waals surface area (Å²) in [5.41, 5.74) is 0.859. The van der Waals surface area contributed by atoms with Crippen LogP contribution in [0.1, 0.15) is 12.8 Å². The zero-order chi connectivity index (χ0) is 16.6. The lowest BCUT2D eigenvalue weighted by Crippen LogP contribution is -2.33. The van der Waals surface area contributed by atoms with Crippen LogP contribution in [0.5, 0.6) is 0 Å². The number of nitrogens with one attached hydrogen (secondary N) is 1. The van der Waals surface area contributed by atoms with Gasteiger partial charge in [-0.15, -0.1) is 5.10 Å². The highest BCUT2D eigenvalue weighted by Crippen LogP contribution is 2.19. The molecule has 23 heavy (non-hydrogen) atoms. The van der Waals surface area contributed by atoms with Crippen LogP contribution in [0.4, 0.5) is 0 Å². The van der Waals surface area contributed by atoms with E-state index in [4.69, 9.17) is 4.84 Å². The highest BCUT2D eigenvalue weighted by molar-refractivity contribution is 7.89. The molecule has 1 amide bonds. The molecule has 1 heterocycles. The van der Waals surface area contributed by atoms with Gasteiger partial charge in [0.15, 0.2) is 6.61 Å². The fourth-order valence-corrected chi connectivity index (χ4v) is 2.88. The molecule has 0 aliphatic heterocycles. The second-order valence-electron chi connectivity index (χ2n) is 5.52. The number of hydrogen-bond acceptors (Lipinski definition) is 6. The van der Waals surface area contributed by atoms with Crippen LogP contribution in [-0.2, 0) is 14.8 Å². The van der Waals surface area contributed by atoms with Crippen LogP contribution in [0.15, 0.2) is 23.1 Å². The molecule has 1 aromatic heterocycles. The number of hydrogen-bond donors (Lipinski definition) is 1. The van der Waals surface area contributed by atoms with Gasteiger partial charge in [0.2, 0.25) is 10.0 Å². The SMILES string of the molecule is CN(C)S(=O)(=O)c1ccc2nnn(OCC(=O)NC3CC3)c2c1. The van der Waals surface area contributed by atoms with Gasteiger partial charge < -0.3 is 10.2 Å². The Morgan fingerprint density at radius 3 is 2.83 bits per heavy atom. The minimum atomic E-state index is -3.57. The first-order valence-corrected chi connectivity index (χ1v) is 8.52. The fourth-order valence-electron chi connectivity index (χ4n) is 1.96. The third-order valence-corrected chi connectivity index (χ3v) is 5.24. The highest BCUT2D eigenvalue weighted by atomic mass is 32.2. The van der Waals surface area contributed by atoms with E-state index in [-0.39, 0.29) is 23.5 Å². The van der Waals surface area contributed by atoms with Gasteiger partial charge in [0.25, 0.3) is 5.91 Å². The Kier molecular flexibility index (Phi) is 3.94. The Balaban J connectivity index is 1.82. The van der Waals surface area contributed by atoms with E-state index < -0.39 is 10.0 Å². The van der Waals surface area contributed by atoms with Crippen molar-refractivity contribution in [2.45, 2.75) is 23.8 Å². The molecule has 2 aromatic rings. The number of fused-ring (bicyclic) bond motifs is 1. The van der Waals surface area contributed by atoms with Crippen molar-refractivity contribution in [3.63, 3.8) is 0 Å².